The molecule has 2 aromatic rings. The van der Waals surface area contributed by atoms with E-state index in [1.165, 1.54) is 16.3 Å². The fourth-order valence-electron chi connectivity index (χ4n) is 2.53. The normalized spacial score (nSPS) is 12.3. The lowest BCUT2D eigenvalue weighted by molar-refractivity contribution is 0.239. The van der Waals surface area contributed by atoms with E-state index >= 15 is 0 Å². The van der Waals surface area contributed by atoms with Crippen LogP contribution in [-0.4, -0.2) is 31.1 Å². The van der Waals surface area contributed by atoms with Crippen molar-refractivity contribution in [3.8, 4) is 0 Å². The summed E-state index contributed by atoms with van der Waals surface area (Å²) < 4.78 is 0. The molecule has 0 saturated heterocycles. The maximum atomic E-state index is 3.35. The highest BCUT2D eigenvalue weighted by Crippen LogP contribution is 2.20. The minimum Gasteiger partial charge on any atom is -0.314 e. The van der Waals surface area contributed by atoms with Crippen molar-refractivity contribution < 1.29 is 0 Å². The molecule has 0 unspecified atom stereocenters. The molecule has 0 aliphatic carbocycles. The van der Waals surface area contributed by atoms with Gasteiger partial charge in [-0.2, -0.15) is 0 Å². The second kappa shape index (κ2) is 5.72. The van der Waals surface area contributed by atoms with Gasteiger partial charge < -0.3 is 10.2 Å². The Hall–Kier alpha value is -1.38. The molecule has 2 rings (SSSR count). The molecule has 0 bridgehead atoms. The maximum Gasteiger partial charge on any atom is 0.0249 e. The second-order valence-electron chi connectivity index (χ2n) is 5.94. The number of nitrogens with one attached hydrogen (secondary N) is 1. The highest BCUT2D eigenvalue weighted by molar-refractivity contribution is 5.85. The molecule has 0 heterocycles. The van der Waals surface area contributed by atoms with Crippen LogP contribution in [-0.2, 0) is 6.54 Å². The van der Waals surface area contributed by atoms with Gasteiger partial charge in [-0.05, 0) is 44.3 Å². The largest absolute Gasteiger partial charge is 0.314 e. The van der Waals surface area contributed by atoms with Gasteiger partial charge in [-0.25, -0.2) is 0 Å². The Morgan fingerprint density at radius 2 is 1.74 bits per heavy atom. The third kappa shape index (κ3) is 3.55. The van der Waals surface area contributed by atoms with Crippen LogP contribution in [0.5, 0.6) is 0 Å². The summed E-state index contributed by atoms with van der Waals surface area (Å²) in [5.74, 6) is 0. The van der Waals surface area contributed by atoms with Gasteiger partial charge in [0.05, 0.1) is 0 Å². The van der Waals surface area contributed by atoms with E-state index in [9.17, 15) is 0 Å². The SMILES string of the molecule is CNC(C)(C)CN(C)Cc1cccc2ccccc12. The Morgan fingerprint density at radius 1 is 1.05 bits per heavy atom. The molecule has 0 amide bonds. The fraction of sp³-hybridized carbons (Fsp3) is 0.412. The maximum absolute atomic E-state index is 3.35. The molecular weight excluding hydrogens is 232 g/mol. The van der Waals surface area contributed by atoms with Gasteiger partial charge in [-0.15, -0.1) is 0 Å². The van der Waals surface area contributed by atoms with Gasteiger partial charge in [-0.3, -0.25) is 0 Å². The Morgan fingerprint density at radius 3 is 2.47 bits per heavy atom. The van der Waals surface area contributed by atoms with E-state index < -0.39 is 0 Å². The van der Waals surface area contributed by atoms with Crippen molar-refractivity contribution in [1.29, 1.82) is 0 Å². The zero-order valence-electron chi connectivity index (χ0n) is 12.4. The summed E-state index contributed by atoms with van der Waals surface area (Å²) in [5.41, 5.74) is 1.53. The topological polar surface area (TPSA) is 15.3 Å². The first kappa shape index (κ1) is 14.0. The van der Waals surface area contributed by atoms with Gasteiger partial charge in [0.2, 0.25) is 0 Å². The van der Waals surface area contributed by atoms with Crippen molar-refractivity contribution in [1.82, 2.24) is 10.2 Å². The average molecular weight is 256 g/mol. The van der Waals surface area contributed by atoms with E-state index in [0.29, 0.717) is 0 Å². The molecule has 2 heteroatoms. The Labute approximate surface area is 116 Å². The van der Waals surface area contributed by atoms with Crippen LogP contribution >= 0.6 is 0 Å². The molecule has 0 saturated carbocycles. The minimum atomic E-state index is 0.138. The van der Waals surface area contributed by atoms with E-state index in [1.807, 2.05) is 7.05 Å². The van der Waals surface area contributed by atoms with Crippen LogP contribution in [0, 0.1) is 0 Å². The number of hydrogen-bond acceptors (Lipinski definition) is 2. The Balaban J connectivity index is 2.17. The number of fused-ring (bicyclic) bond motifs is 1. The Bertz CT molecular complexity index is 540. The van der Waals surface area contributed by atoms with Crippen LogP contribution in [0.1, 0.15) is 19.4 Å². The van der Waals surface area contributed by atoms with E-state index in [1.54, 1.807) is 0 Å². The lowest BCUT2D eigenvalue weighted by Gasteiger charge is -2.30. The average Bonchev–Trinajstić information content (AvgIpc) is 2.38. The lowest BCUT2D eigenvalue weighted by Crippen LogP contribution is -2.46. The van der Waals surface area contributed by atoms with Crippen LogP contribution < -0.4 is 5.32 Å². The predicted octanol–water partition coefficient (Wildman–Crippen LogP) is 3.27. The monoisotopic (exact) mass is 256 g/mol. The minimum absolute atomic E-state index is 0.138. The van der Waals surface area contributed by atoms with Gasteiger partial charge in [0.25, 0.3) is 0 Å². The van der Waals surface area contributed by atoms with Crippen molar-refractivity contribution in [2.24, 2.45) is 0 Å². The lowest BCUT2D eigenvalue weighted by atomic mass is 10.0. The van der Waals surface area contributed by atoms with Crippen molar-refractivity contribution in [3.63, 3.8) is 0 Å². The van der Waals surface area contributed by atoms with Crippen LogP contribution in [0.25, 0.3) is 10.8 Å². The van der Waals surface area contributed by atoms with Crippen molar-refractivity contribution >= 4 is 10.8 Å². The van der Waals surface area contributed by atoms with Crippen molar-refractivity contribution in [2.75, 3.05) is 20.6 Å². The number of rotatable bonds is 5. The number of hydrogen-bond donors (Lipinski definition) is 1. The van der Waals surface area contributed by atoms with E-state index in [0.717, 1.165) is 13.1 Å². The first-order valence-electron chi connectivity index (χ1n) is 6.86. The highest BCUT2D eigenvalue weighted by Gasteiger charge is 2.17. The Kier molecular flexibility index (Phi) is 4.23. The molecule has 0 aromatic heterocycles. The second-order valence-corrected chi connectivity index (χ2v) is 5.94. The van der Waals surface area contributed by atoms with E-state index in [4.69, 9.17) is 0 Å². The highest BCUT2D eigenvalue weighted by atomic mass is 15.1. The molecule has 0 fully saturated rings. The number of benzene rings is 2. The van der Waals surface area contributed by atoms with Gasteiger partial charge in [0, 0.05) is 18.6 Å². The van der Waals surface area contributed by atoms with Crippen molar-refractivity contribution in [2.45, 2.75) is 25.9 Å². The van der Waals surface area contributed by atoms with Crippen molar-refractivity contribution in [3.05, 3.63) is 48.0 Å². The molecule has 1 N–H and O–H groups in total. The van der Waals surface area contributed by atoms with Gasteiger partial charge in [0.15, 0.2) is 0 Å². The van der Waals surface area contributed by atoms with E-state index in [-0.39, 0.29) is 5.54 Å². The molecule has 2 nitrogen and oxygen atoms in total. The summed E-state index contributed by atoms with van der Waals surface area (Å²) in [7, 11) is 4.20. The quantitative estimate of drug-likeness (QED) is 0.883. The van der Waals surface area contributed by atoms with Gasteiger partial charge >= 0.3 is 0 Å². The first-order chi connectivity index (χ1) is 9.02. The summed E-state index contributed by atoms with van der Waals surface area (Å²) in [4.78, 5) is 2.37. The molecule has 0 aliphatic heterocycles. The van der Waals surface area contributed by atoms with Crippen LogP contribution in [0.4, 0.5) is 0 Å². The van der Waals surface area contributed by atoms with Crippen LogP contribution in [0.2, 0.25) is 0 Å². The smallest absolute Gasteiger partial charge is 0.0249 e. The summed E-state index contributed by atoms with van der Waals surface area (Å²) in [6, 6.07) is 15.2. The third-order valence-electron chi connectivity index (χ3n) is 3.66. The van der Waals surface area contributed by atoms with Crippen LogP contribution in [0.15, 0.2) is 42.5 Å². The first-order valence-corrected chi connectivity index (χ1v) is 6.86. The standard InChI is InChI=1S/C17H24N2/c1-17(2,18-3)13-19(4)12-15-10-7-9-14-8-5-6-11-16(14)15/h5-11,18H,12-13H2,1-4H3. The summed E-state index contributed by atoms with van der Waals surface area (Å²) in [6.45, 7) is 6.46. The molecule has 0 atom stereocenters. The summed E-state index contributed by atoms with van der Waals surface area (Å²) >= 11 is 0. The summed E-state index contributed by atoms with van der Waals surface area (Å²) in [5, 5.41) is 6.03. The molecule has 102 valence electrons. The predicted molar refractivity (Wildman–Crippen MR) is 83.4 cm³/mol. The fourth-order valence-corrected chi connectivity index (χ4v) is 2.53. The molecule has 0 radical (unpaired) electrons. The zero-order chi connectivity index (χ0) is 13.9. The van der Waals surface area contributed by atoms with Gasteiger partial charge in [-0.1, -0.05) is 42.5 Å². The molecule has 0 aliphatic rings. The van der Waals surface area contributed by atoms with E-state index in [2.05, 4.69) is 73.6 Å². The summed E-state index contributed by atoms with van der Waals surface area (Å²) in [6.07, 6.45) is 0. The zero-order valence-corrected chi connectivity index (χ0v) is 12.4. The number of likely N-dealkylation sites (N-methyl/N-ethyl adjacent to an activating group) is 2. The third-order valence-corrected chi connectivity index (χ3v) is 3.66. The molecular formula is C17H24N2. The van der Waals surface area contributed by atoms with Crippen LogP contribution in [0.3, 0.4) is 0 Å². The molecule has 2 aromatic carbocycles. The number of nitrogens with zero attached hydrogens (tertiary/aromatic N) is 1. The van der Waals surface area contributed by atoms with Gasteiger partial charge in [0.1, 0.15) is 0 Å². The molecule has 19 heavy (non-hydrogen) atoms. The molecule has 0 spiro atoms.